The number of carbonyl (C=O) groups is 2. The number of fused-ring (bicyclic) bond motifs is 4. The third kappa shape index (κ3) is 5.09. The monoisotopic (exact) mass is 708 g/mol. The Morgan fingerprint density at radius 3 is 2.15 bits per heavy atom. The molecule has 7 rings (SSSR count). The van der Waals surface area contributed by atoms with Gasteiger partial charge in [-0.15, -0.1) is 0 Å². The summed E-state index contributed by atoms with van der Waals surface area (Å²) >= 11 is 0. The van der Waals surface area contributed by atoms with E-state index in [2.05, 4.69) is 0 Å². The summed E-state index contributed by atoms with van der Waals surface area (Å²) in [5, 5.41) is 87.8. The highest BCUT2D eigenvalue weighted by molar-refractivity contribution is 6.09. The van der Waals surface area contributed by atoms with Gasteiger partial charge in [0.2, 0.25) is 11.4 Å². The number of Topliss-reactive ketones (excluding diaryl/α,β-unsaturated/α-hetero) is 2. The Hall–Kier alpha value is -6.14. The van der Waals surface area contributed by atoms with Gasteiger partial charge in [-0.2, -0.15) is 0 Å². The van der Waals surface area contributed by atoms with E-state index in [4.69, 9.17) is 9.47 Å². The van der Waals surface area contributed by atoms with Gasteiger partial charge in [-0.05, 0) is 63.1 Å². The van der Waals surface area contributed by atoms with Crippen molar-refractivity contribution >= 4 is 11.6 Å². The minimum atomic E-state index is -2.75. The molecule has 4 aromatic rings. The Bertz CT molecular complexity index is 2250. The molecule has 0 aromatic heterocycles. The van der Waals surface area contributed by atoms with Crippen LogP contribution < -0.4 is 9.47 Å². The van der Waals surface area contributed by atoms with Crippen molar-refractivity contribution in [1.29, 1.82) is 0 Å². The van der Waals surface area contributed by atoms with Gasteiger partial charge in [0.05, 0.1) is 5.56 Å². The molecule has 0 fully saturated rings. The minimum Gasteiger partial charge on any atom is -0.508 e. The third-order valence-electron chi connectivity index (χ3n) is 10.2. The van der Waals surface area contributed by atoms with Crippen molar-refractivity contribution in [1.82, 2.24) is 0 Å². The number of hydrogen-bond donors (Lipinski definition) is 8. The summed E-state index contributed by atoms with van der Waals surface area (Å²) in [5.74, 6) is -11.1. The molecule has 0 saturated carbocycles. The first-order valence-corrected chi connectivity index (χ1v) is 16.5. The lowest BCUT2D eigenvalue weighted by Crippen LogP contribution is -2.62. The van der Waals surface area contributed by atoms with Gasteiger partial charge in [-0.1, -0.05) is 29.4 Å². The number of benzene rings is 4. The van der Waals surface area contributed by atoms with Crippen LogP contribution >= 0.6 is 0 Å². The molecule has 12 nitrogen and oxygen atoms in total. The summed E-state index contributed by atoms with van der Waals surface area (Å²) in [4.78, 5) is 29.1. The first-order chi connectivity index (χ1) is 24.6. The Morgan fingerprint density at radius 1 is 0.827 bits per heavy atom. The quantitative estimate of drug-likeness (QED) is 0.0824. The highest BCUT2D eigenvalue weighted by Gasteiger charge is 2.70. The number of rotatable bonds is 6. The van der Waals surface area contributed by atoms with Gasteiger partial charge in [0, 0.05) is 59.6 Å². The molecule has 0 saturated heterocycles. The molecule has 3 unspecified atom stereocenters. The van der Waals surface area contributed by atoms with Crippen LogP contribution in [0.2, 0.25) is 0 Å². The van der Waals surface area contributed by atoms with Gasteiger partial charge in [-0.25, -0.2) is 0 Å². The first-order valence-electron chi connectivity index (χ1n) is 16.5. The Morgan fingerprint density at radius 2 is 1.48 bits per heavy atom. The number of phenolic OH excluding ortho intramolecular Hbond substituents is 7. The number of allylic oxidation sites excluding steroid dienone is 3. The van der Waals surface area contributed by atoms with Crippen molar-refractivity contribution in [3.63, 3.8) is 0 Å². The second kappa shape index (κ2) is 12.0. The van der Waals surface area contributed by atoms with E-state index >= 15 is 0 Å². The fourth-order valence-electron chi connectivity index (χ4n) is 7.85. The number of carbonyl (C=O) groups excluding carboxylic acids is 2. The normalized spacial score (nSPS) is 24.4. The van der Waals surface area contributed by atoms with Crippen molar-refractivity contribution in [3.05, 3.63) is 112 Å². The van der Waals surface area contributed by atoms with E-state index in [9.17, 15) is 50.4 Å². The molecule has 0 bridgehead atoms. The number of phenols is 7. The van der Waals surface area contributed by atoms with Crippen molar-refractivity contribution in [2.75, 3.05) is 0 Å². The fraction of sp³-hybridized carbons (Fsp3) is 0.250. The number of ketones is 2. The standard InChI is InChI=1S/C40H36O12/c1-18(2)10-11-39-27-9-6-22(43)16-31(27)52-40(39,50)38(49)35-32(51-39)17-30(46)34(37(35)48)26-13-19(3)12-25(23-7-4-20(41)14-28(23)44)33(26)36(47)24-8-5-21(42)15-29(24)45/h4-10,13-17,25-26,33,41-46,48,50H,11-12H2,1-3H3/t25?,26?,33?,39-,40-/m1/s1. The average molecular weight is 709 g/mol. The van der Waals surface area contributed by atoms with Crippen LogP contribution in [-0.2, 0) is 5.60 Å². The Labute approximate surface area is 297 Å². The topological polar surface area (TPSA) is 214 Å². The molecule has 0 spiro atoms. The maximum Gasteiger partial charge on any atom is 0.318 e. The Balaban J connectivity index is 1.43. The maximum absolute atomic E-state index is 14.6. The molecule has 4 aromatic carbocycles. The summed E-state index contributed by atoms with van der Waals surface area (Å²) in [6.07, 6.45) is 3.48. The van der Waals surface area contributed by atoms with Crippen LogP contribution in [0.25, 0.3) is 0 Å². The highest BCUT2D eigenvalue weighted by atomic mass is 16.7. The molecular weight excluding hydrogens is 672 g/mol. The minimum absolute atomic E-state index is 0.0310. The van der Waals surface area contributed by atoms with E-state index in [0.717, 1.165) is 23.8 Å². The predicted octanol–water partition coefficient (Wildman–Crippen LogP) is 6.25. The first kappa shape index (κ1) is 34.3. The fourth-order valence-corrected chi connectivity index (χ4v) is 7.85. The summed E-state index contributed by atoms with van der Waals surface area (Å²) in [6, 6.07) is 12.5. The van der Waals surface area contributed by atoms with E-state index in [-0.39, 0.29) is 69.6 Å². The van der Waals surface area contributed by atoms with Crippen molar-refractivity contribution in [2.45, 2.75) is 56.8 Å². The molecule has 268 valence electrons. The summed E-state index contributed by atoms with van der Waals surface area (Å²) in [6.45, 7) is 5.37. The number of ether oxygens (including phenoxy) is 2. The number of hydrogen-bond acceptors (Lipinski definition) is 12. The average Bonchev–Trinajstić information content (AvgIpc) is 3.30. The van der Waals surface area contributed by atoms with E-state index in [1.54, 1.807) is 19.1 Å². The summed E-state index contributed by atoms with van der Waals surface area (Å²) in [5.41, 5.74) is -0.891. The van der Waals surface area contributed by atoms with Gasteiger partial charge in [0.15, 0.2) is 5.78 Å². The number of aliphatic hydroxyl groups is 1. The Kier molecular flexibility index (Phi) is 7.91. The van der Waals surface area contributed by atoms with Gasteiger partial charge in [-0.3, -0.25) is 9.59 Å². The molecule has 12 heteroatoms. The van der Waals surface area contributed by atoms with Crippen LogP contribution in [0.1, 0.15) is 82.9 Å². The van der Waals surface area contributed by atoms with Crippen LogP contribution in [0.3, 0.4) is 0 Å². The van der Waals surface area contributed by atoms with Crippen molar-refractivity contribution in [2.24, 2.45) is 5.92 Å². The van der Waals surface area contributed by atoms with Crippen LogP contribution in [0.15, 0.2) is 84.0 Å². The molecule has 3 aliphatic rings. The summed E-state index contributed by atoms with van der Waals surface area (Å²) < 4.78 is 12.3. The highest BCUT2D eigenvalue weighted by Crippen LogP contribution is 2.61. The zero-order valence-electron chi connectivity index (χ0n) is 28.3. The molecule has 2 aliphatic heterocycles. The molecule has 5 atom stereocenters. The smallest absolute Gasteiger partial charge is 0.318 e. The van der Waals surface area contributed by atoms with E-state index in [1.165, 1.54) is 42.5 Å². The zero-order chi connectivity index (χ0) is 37.4. The molecule has 0 amide bonds. The maximum atomic E-state index is 14.6. The van der Waals surface area contributed by atoms with Crippen LogP contribution in [-0.4, -0.2) is 58.2 Å². The van der Waals surface area contributed by atoms with E-state index in [0.29, 0.717) is 5.57 Å². The lowest BCUT2D eigenvalue weighted by Gasteiger charge is -2.43. The molecule has 2 heterocycles. The largest absolute Gasteiger partial charge is 0.508 e. The molecular formula is C40H36O12. The third-order valence-corrected chi connectivity index (χ3v) is 10.2. The summed E-state index contributed by atoms with van der Waals surface area (Å²) in [7, 11) is 0. The van der Waals surface area contributed by atoms with Crippen molar-refractivity contribution < 1.29 is 59.9 Å². The number of aromatic hydroxyl groups is 7. The van der Waals surface area contributed by atoms with Crippen LogP contribution in [0.4, 0.5) is 0 Å². The predicted molar refractivity (Wildman–Crippen MR) is 185 cm³/mol. The van der Waals surface area contributed by atoms with Crippen molar-refractivity contribution in [3.8, 4) is 51.7 Å². The van der Waals surface area contributed by atoms with E-state index < -0.39 is 63.5 Å². The second-order valence-electron chi connectivity index (χ2n) is 13.9. The van der Waals surface area contributed by atoms with Gasteiger partial charge in [0.25, 0.3) is 0 Å². The second-order valence-corrected chi connectivity index (χ2v) is 13.9. The molecule has 8 N–H and O–H groups in total. The van der Waals surface area contributed by atoms with Crippen LogP contribution in [0, 0.1) is 5.92 Å². The van der Waals surface area contributed by atoms with Gasteiger partial charge < -0.3 is 50.3 Å². The van der Waals surface area contributed by atoms with Gasteiger partial charge in [0.1, 0.15) is 57.3 Å². The van der Waals surface area contributed by atoms with Gasteiger partial charge >= 0.3 is 5.79 Å². The lowest BCUT2D eigenvalue weighted by molar-refractivity contribution is -0.201. The lowest BCUT2D eigenvalue weighted by atomic mass is 9.65. The SMILES string of the molecule is CC(C)=CC[C@]12Oc3cc(O)c(C4C=C(C)CC(c5ccc(O)cc5O)C4C(=O)c4ccc(O)cc4O)c(O)c3C(=O)[C@@]1(O)Oc1cc(O)ccc12. The molecule has 52 heavy (non-hydrogen) atoms. The molecule has 1 aliphatic carbocycles. The van der Waals surface area contributed by atoms with E-state index in [1.807, 2.05) is 13.8 Å². The molecule has 0 radical (unpaired) electrons. The zero-order valence-corrected chi connectivity index (χ0v) is 28.3. The van der Waals surface area contributed by atoms with Crippen LogP contribution in [0.5, 0.6) is 51.7 Å².